The number of para-hydroxylation sites is 1. The Morgan fingerprint density at radius 3 is 2.82 bits per heavy atom. The molecule has 1 fully saturated rings. The maximum atomic E-state index is 14.1. The third-order valence-electron chi connectivity index (χ3n) is 7.58. The average Bonchev–Trinajstić information content (AvgIpc) is 3.43. The maximum absolute atomic E-state index is 14.1. The number of H-pyrrole nitrogens is 1. The molecule has 0 saturated carbocycles. The Bertz CT molecular complexity index is 1520. The van der Waals surface area contributed by atoms with Crippen LogP contribution in [0.3, 0.4) is 0 Å². The molecule has 39 heavy (non-hydrogen) atoms. The van der Waals surface area contributed by atoms with Gasteiger partial charge in [-0.3, -0.25) is 10.1 Å². The average molecular weight is 529 g/mol. The SMILES string of the molecule is Cc1cc(CC(OC(=O)N2CCC(N3Cc4cccc(F)c4NC3=O)CC2)c2ccccn2)cc2cn[nH]c12. The number of rotatable bonds is 5. The molecule has 1 unspecified atom stereocenters. The summed E-state index contributed by atoms with van der Waals surface area (Å²) in [6.07, 6.45) is 4.22. The quantitative estimate of drug-likeness (QED) is 0.364. The van der Waals surface area contributed by atoms with E-state index in [9.17, 15) is 14.0 Å². The predicted octanol–water partition coefficient (Wildman–Crippen LogP) is 5.34. The Kier molecular flexibility index (Phi) is 6.60. The first kappa shape index (κ1) is 24.8. The van der Waals surface area contributed by atoms with Gasteiger partial charge in [0.2, 0.25) is 0 Å². The smallest absolute Gasteiger partial charge is 0.410 e. The molecular weight excluding hydrogens is 499 g/mol. The summed E-state index contributed by atoms with van der Waals surface area (Å²) in [5.74, 6) is -0.430. The summed E-state index contributed by atoms with van der Waals surface area (Å²) >= 11 is 0. The lowest BCUT2D eigenvalue weighted by molar-refractivity contribution is 0.0463. The van der Waals surface area contributed by atoms with E-state index >= 15 is 0 Å². The number of hydrogen-bond acceptors (Lipinski definition) is 5. The number of fused-ring (bicyclic) bond motifs is 2. The molecule has 0 spiro atoms. The number of aromatic nitrogens is 3. The van der Waals surface area contributed by atoms with Crippen molar-refractivity contribution >= 4 is 28.7 Å². The van der Waals surface area contributed by atoms with Gasteiger partial charge in [0.25, 0.3) is 0 Å². The Morgan fingerprint density at radius 2 is 2.03 bits per heavy atom. The van der Waals surface area contributed by atoms with Gasteiger partial charge in [-0.15, -0.1) is 0 Å². The molecular formula is C29H29FN6O3. The Morgan fingerprint density at radius 1 is 1.18 bits per heavy atom. The van der Waals surface area contributed by atoms with E-state index in [1.165, 1.54) is 6.07 Å². The second kappa shape index (κ2) is 10.4. The number of nitrogens with zero attached hydrogens (tertiary/aromatic N) is 4. The van der Waals surface area contributed by atoms with Crippen LogP contribution in [0.15, 0.2) is 60.9 Å². The molecule has 0 bridgehead atoms. The van der Waals surface area contributed by atoms with Gasteiger partial charge in [-0.2, -0.15) is 5.10 Å². The first-order valence-electron chi connectivity index (χ1n) is 13.1. The zero-order valence-electron chi connectivity index (χ0n) is 21.6. The molecule has 4 aromatic rings. The molecule has 2 aromatic carbocycles. The summed E-state index contributed by atoms with van der Waals surface area (Å²) in [7, 11) is 0. The van der Waals surface area contributed by atoms with Crippen molar-refractivity contribution in [1.82, 2.24) is 25.0 Å². The van der Waals surface area contributed by atoms with Crippen LogP contribution < -0.4 is 5.32 Å². The summed E-state index contributed by atoms with van der Waals surface area (Å²) in [5.41, 5.74) is 4.77. The number of anilines is 1. The van der Waals surface area contributed by atoms with E-state index in [0.29, 0.717) is 44.6 Å². The summed E-state index contributed by atoms with van der Waals surface area (Å²) < 4.78 is 20.1. The zero-order chi connectivity index (χ0) is 26.9. The lowest BCUT2D eigenvalue weighted by Gasteiger charge is -2.40. The van der Waals surface area contributed by atoms with E-state index in [4.69, 9.17) is 4.74 Å². The molecule has 2 aromatic heterocycles. The molecule has 1 saturated heterocycles. The fourth-order valence-corrected chi connectivity index (χ4v) is 5.54. The third kappa shape index (κ3) is 5.01. The van der Waals surface area contributed by atoms with Crippen molar-refractivity contribution in [3.8, 4) is 0 Å². The number of halogens is 1. The molecule has 3 amide bonds. The van der Waals surface area contributed by atoms with Gasteiger partial charge in [-0.25, -0.2) is 14.0 Å². The number of ether oxygens (including phenoxy) is 1. The molecule has 2 aliphatic rings. The number of piperidine rings is 1. The summed E-state index contributed by atoms with van der Waals surface area (Å²) in [6, 6.07) is 14.1. The molecule has 2 aliphatic heterocycles. The van der Waals surface area contributed by atoms with Gasteiger partial charge in [0, 0.05) is 43.7 Å². The number of amides is 3. The molecule has 9 nitrogen and oxygen atoms in total. The number of aryl methyl sites for hydroxylation is 1. The standard InChI is InChI=1S/C29H29FN6O3/c1-18-13-19(14-21-16-32-34-26(18)21)15-25(24-7-2-3-10-31-24)39-29(38)35-11-8-22(9-12-35)36-17-20-5-4-6-23(30)27(20)33-28(36)37/h2-7,10,13-14,16,22,25H,8-9,11-12,15,17H2,1H3,(H,32,34)(H,33,37). The van der Waals surface area contributed by atoms with E-state index in [1.54, 1.807) is 28.3 Å². The van der Waals surface area contributed by atoms with E-state index in [0.717, 1.165) is 27.6 Å². The lowest BCUT2D eigenvalue weighted by atomic mass is 10.0. The van der Waals surface area contributed by atoms with Gasteiger partial charge < -0.3 is 19.9 Å². The van der Waals surface area contributed by atoms with Crippen molar-refractivity contribution in [3.05, 3.63) is 89.1 Å². The zero-order valence-corrected chi connectivity index (χ0v) is 21.6. The highest BCUT2D eigenvalue weighted by molar-refractivity contribution is 5.92. The molecule has 10 heteroatoms. The van der Waals surface area contributed by atoms with Crippen LogP contribution in [0.1, 0.15) is 41.3 Å². The fraction of sp³-hybridized carbons (Fsp3) is 0.310. The highest BCUT2D eigenvalue weighted by Crippen LogP contribution is 2.31. The van der Waals surface area contributed by atoms with Gasteiger partial charge in [0.15, 0.2) is 0 Å². The monoisotopic (exact) mass is 528 g/mol. The van der Waals surface area contributed by atoms with E-state index in [-0.39, 0.29) is 17.8 Å². The van der Waals surface area contributed by atoms with Crippen LogP contribution in [-0.2, 0) is 17.7 Å². The van der Waals surface area contributed by atoms with Crippen LogP contribution >= 0.6 is 0 Å². The highest BCUT2D eigenvalue weighted by atomic mass is 19.1. The van der Waals surface area contributed by atoms with Crippen LogP contribution in [0.25, 0.3) is 10.9 Å². The van der Waals surface area contributed by atoms with Gasteiger partial charge in [-0.05, 0) is 60.7 Å². The first-order chi connectivity index (χ1) is 19.0. The van der Waals surface area contributed by atoms with Gasteiger partial charge >= 0.3 is 12.1 Å². The Hall–Kier alpha value is -4.47. The minimum absolute atomic E-state index is 0.0540. The highest BCUT2D eigenvalue weighted by Gasteiger charge is 2.34. The van der Waals surface area contributed by atoms with Crippen LogP contribution in [0.2, 0.25) is 0 Å². The van der Waals surface area contributed by atoms with Crippen molar-refractivity contribution in [3.63, 3.8) is 0 Å². The summed E-state index contributed by atoms with van der Waals surface area (Å²) in [5, 5.41) is 10.8. The molecule has 0 aliphatic carbocycles. The molecule has 0 radical (unpaired) electrons. The van der Waals surface area contributed by atoms with E-state index in [1.807, 2.05) is 31.2 Å². The minimum atomic E-state index is -0.556. The third-order valence-corrected chi connectivity index (χ3v) is 7.58. The Balaban J connectivity index is 1.12. The molecule has 1 atom stereocenters. The molecule has 2 N–H and O–H groups in total. The largest absolute Gasteiger partial charge is 0.439 e. The van der Waals surface area contributed by atoms with E-state index in [2.05, 4.69) is 32.6 Å². The summed E-state index contributed by atoms with van der Waals surface area (Å²) in [6.45, 7) is 3.28. The van der Waals surface area contributed by atoms with Crippen molar-refractivity contribution in [2.75, 3.05) is 18.4 Å². The summed E-state index contributed by atoms with van der Waals surface area (Å²) in [4.78, 5) is 33.9. The van der Waals surface area contributed by atoms with Gasteiger partial charge in [-0.1, -0.05) is 24.3 Å². The number of likely N-dealkylation sites (tertiary alicyclic amines) is 1. The van der Waals surface area contributed by atoms with Crippen LogP contribution in [0.5, 0.6) is 0 Å². The second-order valence-corrected chi connectivity index (χ2v) is 10.1. The molecule has 200 valence electrons. The number of hydrogen-bond donors (Lipinski definition) is 2. The predicted molar refractivity (Wildman–Crippen MR) is 144 cm³/mol. The van der Waals surface area contributed by atoms with Crippen molar-refractivity contribution in [1.29, 1.82) is 0 Å². The minimum Gasteiger partial charge on any atom is -0.439 e. The first-order valence-corrected chi connectivity index (χ1v) is 13.1. The number of pyridine rings is 1. The van der Waals surface area contributed by atoms with Crippen molar-refractivity contribution < 1.29 is 18.7 Å². The number of aromatic amines is 1. The van der Waals surface area contributed by atoms with Crippen LogP contribution in [0.4, 0.5) is 19.7 Å². The number of urea groups is 1. The van der Waals surface area contributed by atoms with Crippen LogP contribution in [-0.4, -0.2) is 56.2 Å². The fourth-order valence-electron chi connectivity index (χ4n) is 5.54. The molecule has 4 heterocycles. The van der Waals surface area contributed by atoms with E-state index < -0.39 is 18.0 Å². The number of nitrogens with one attached hydrogen (secondary N) is 2. The van der Waals surface area contributed by atoms with Crippen LogP contribution in [0, 0.1) is 12.7 Å². The van der Waals surface area contributed by atoms with Crippen molar-refractivity contribution in [2.24, 2.45) is 0 Å². The van der Waals surface area contributed by atoms with Gasteiger partial charge in [0.05, 0.1) is 23.1 Å². The molecule has 6 rings (SSSR count). The Labute approximate surface area is 225 Å². The normalized spacial score (nSPS) is 16.6. The van der Waals surface area contributed by atoms with Gasteiger partial charge in [0.1, 0.15) is 11.9 Å². The number of carbonyl (C=O) groups is 2. The van der Waals surface area contributed by atoms with Crippen molar-refractivity contribution in [2.45, 2.75) is 44.9 Å². The lowest BCUT2D eigenvalue weighted by Crippen LogP contribution is -2.51. The topological polar surface area (TPSA) is 103 Å². The maximum Gasteiger partial charge on any atom is 0.410 e. The number of benzene rings is 2. The number of carbonyl (C=O) groups excluding carboxylic acids is 2. The second-order valence-electron chi connectivity index (χ2n) is 10.1.